The minimum absolute atomic E-state index is 0.547. The first kappa shape index (κ1) is 12.4. The van der Waals surface area contributed by atoms with Crippen LogP contribution >= 0.6 is 0 Å². The summed E-state index contributed by atoms with van der Waals surface area (Å²) in [6, 6.07) is 8.74. The summed E-state index contributed by atoms with van der Waals surface area (Å²) in [5.41, 5.74) is 5.11. The SMILES string of the molecule is Cc1ccc(-c2cn(C)nc2C2CCCNC2)cc1. The van der Waals surface area contributed by atoms with Gasteiger partial charge in [-0.05, 0) is 31.9 Å². The summed E-state index contributed by atoms with van der Waals surface area (Å²) < 4.78 is 1.94. The maximum absolute atomic E-state index is 4.71. The molecule has 1 fully saturated rings. The normalized spacial score (nSPS) is 19.6. The molecule has 0 saturated carbocycles. The predicted octanol–water partition coefficient (Wildman–Crippen LogP) is 2.86. The summed E-state index contributed by atoms with van der Waals surface area (Å²) in [6.45, 7) is 4.32. The van der Waals surface area contributed by atoms with E-state index in [0.717, 1.165) is 13.1 Å². The van der Waals surface area contributed by atoms with E-state index in [4.69, 9.17) is 5.10 Å². The van der Waals surface area contributed by atoms with E-state index in [9.17, 15) is 0 Å². The van der Waals surface area contributed by atoms with Gasteiger partial charge in [0, 0.05) is 31.3 Å². The molecule has 1 N–H and O–H groups in total. The maximum atomic E-state index is 4.71. The Morgan fingerprint density at radius 2 is 2.05 bits per heavy atom. The summed E-state index contributed by atoms with van der Waals surface area (Å²) in [4.78, 5) is 0. The Morgan fingerprint density at radius 3 is 2.74 bits per heavy atom. The van der Waals surface area contributed by atoms with Gasteiger partial charge >= 0.3 is 0 Å². The van der Waals surface area contributed by atoms with Gasteiger partial charge in [0.25, 0.3) is 0 Å². The average molecular weight is 255 g/mol. The Morgan fingerprint density at radius 1 is 1.26 bits per heavy atom. The van der Waals surface area contributed by atoms with E-state index in [1.807, 2.05) is 11.7 Å². The topological polar surface area (TPSA) is 29.9 Å². The molecule has 3 heteroatoms. The molecule has 0 aliphatic carbocycles. The Labute approximate surface area is 114 Å². The first-order valence-corrected chi connectivity index (χ1v) is 7.05. The molecule has 0 spiro atoms. The van der Waals surface area contributed by atoms with Crippen LogP contribution in [0.4, 0.5) is 0 Å². The zero-order chi connectivity index (χ0) is 13.2. The summed E-state index contributed by atoms with van der Waals surface area (Å²) in [5.74, 6) is 0.547. The summed E-state index contributed by atoms with van der Waals surface area (Å²) >= 11 is 0. The van der Waals surface area contributed by atoms with Crippen LogP contribution in [-0.4, -0.2) is 22.9 Å². The molecule has 1 aromatic heterocycles. The molecule has 2 aromatic rings. The summed E-state index contributed by atoms with van der Waals surface area (Å²) in [5, 5.41) is 8.19. The van der Waals surface area contributed by atoms with Crippen LogP contribution in [0.5, 0.6) is 0 Å². The number of nitrogens with one attached hydrogen (secondary N) is 1. The van der Waals surface area contributed by atoms with Gasteiger partial charge in [-0.15, -0.1) is 0 Å². The van der Waals surface area contributed by atoms with Crippen molar-refractivity contribution in [2.24, 2.45) is 7.05 Å². The fourth-order valence-corrected chi connectivity index (χ4v) is 2.85. The second kappa shape index (κ2) is 5.17. The quantitative estimate of drug-likeness (QED) is 0.894. The van der Waals surface area contributed by atoms with Crippen LogP contribution in [0, 0.1) is 6.92 Å². The van der Waals surface area contributed by atoms with Gasteiger partial charge < -0.3 is 5.32 Å². The summed E-state index contributed by atoms with van der Waals surface area (Å²) in [7, 11) is 2.01. The fraction of sp³-hybridized carbons (Fsp3) is 0.438. The lowest BCUT2D eigenvalue weighted by Crippen LogP contribution is -2.28. The van der Waals surface area contributed by atoms with Gasteiger partial charge in [-0.25, -0.2) is 0 Å². The number of aromatic nitrogens is 2. The van der Waals surface area contributed by atoms with Crippen molar-refractivity contribution in [2.75, 3.05) is 13.1 Å². The molecule has 1 saturated heterocycles. The Kier molecular flexibility index (Phi) is 3.38. The van der Waals surface area contributed by atoms with E-state index in [1.54, 1.807) is 0 Å². The van der Waals surface area contributed by atoms with E-state index in [0.29, 0.717) is 5.92 Å². The molecule has 19 heavy (non-hydrogen) atoms. The molecule has 1 aliphatic heterocycles. The van der Waals surface area contributed by atoms with Crippen molar-refractivity contribution < 1.29 is 0 Å². The lowest BCUT2D eigenvalue weighted by molar-refractivity contribution is 0.452. The fourth-order valence-electron chi connectivity index (χ4n) is 2.85. The van der Waals surface area contributed by atoms with Crippen molar-refractivity contribution in [3.05, 3.63) is 41.7 Å². The highest BCUT2D eigenvalue weighted by Crippen LogP contribution is 2.31. The first-order valence-electron chi connectivity index (χ1n) is 7.05. The van der Waals surface area contributed by atoms with Crippen LogP contribution in [0.25, 0.3) is 11.1 Å². The van der Waals surface area contributed by atoms with E-state index in [1.165, 1.54) is 35.2 Å². The minimum atomic E-state index is 0.547. The van der Waals surface area contributed by atoms with E-state index in [2.05, 4.69) is 42.7 Å². The van der Waals surface area contributed by atoms with E-state index >= 15 is 0 Å². The highest BCUT2D eigenvalue weighted by Gasteiger charge is 2.21. The molecule has 2 heterocycles. The Hall–Kier alpha value is -1.61. The smallest absolute Gasteiger partial charge is 0.0746 e. The van der Waals surface area contributed by atoms with Gasteiger partial charge in [-0.1, -0.05) is 29.8 Å². The zero-order valence-electron chi connectivity index (χ0n) is 11.7. The van der Waals surface area contributed by atoms with Crippen molar-refractivity contribution in [3.63, 3.8) is 0 Å². The van der Waals surface area contributed by atoms with E-state index in [-0.39, 0.29) is 0 Å². The van der Waals surface area contributed by atoms with Gasteiger partial charge in [-0.3, -0.25) is 4.68 Å². The van der Waals surface area contributed by atoms with Crippen LogP contribution in [0.1, 0.15) is 30.0 Å². The number of benzene rings is 1. The number of nitrogens with zero attached hydrogens (tertiary/aromatic N) is 2. The van der Waals surface area contributed by atoms with Crippen LogP contribution in [-0.2, 0) is 7.05 Å². The average Bonchev–Trinajstić information content (AvgIpc) is 2.83. The first-order chi connectivity index (χ1) is 9.24. The van der Waals surface area contributed by atoms with Crippen LogP contribution in [0.2, 0.25) is 0 Å². The summed E-state index contributed by atoms with van der Waals surface area (Å²) in [6.07, 6.45) is 4.63. The standard InChI is InChI=1S/C16H21N3/c1-12-5-7-13(8-6-12)15-11-19(2)18-16(15)14-4-3-9-17-10-14/h5-8,11,14,17H,3-4,9-10H2,1-2H3. The van der Waals surface area contributed by atoms with E-state index < -0.39 is 0 Å². The van der Waals surface area contributed by atoms with Gasteiger partial charge in [0.1, 0.15) is 0 Å². The molecule has 3 rings (SSSR count). The molecule has 0 bridgehead atoms. The second-order valence-corrected chi connectivity index (χ2v) is 5.51. The lowest BCUT2D eigenvalue weighted by atomic mass is 9.91. The monoisotopic (exact) mass is 255 g/mol. The number of hydrogen-bond acceptors (Lipinski definition) is 2. The van der Waals surface area contributed by atoms with Crippen molar-refractivity contribution in [2.45, 2.75) is 25.7 Å². The zero-order valence-corrected chi connectivity index (χ0v) is 11.7. The molecule has 1 aliphatic rings. The van der Waals surface area contributed by atoms with Gasteiger partial charge in [0.15, 0.2) is 0 Å². The number of rotatable bonds is 2. The Bertz CT molecular complexity index is 548. The minimum Gasteiger partial charge on any atom is -0.316 e. The molecule has 0 amide bonds. The van der Waals surface area contributed by atoms with Gasteiger partial charge in [0.05, 0.1) is 5.69 Å². The van der Waals surface area contributed by atoms with Crippen molar-refractivity contribution >= 4 is 0 Å². The lowest BCUT2D eigenvalue weighted by Gasteiger charge is -2.22. The predicted molar refractivity (Wildman–Crippen MR) is 78.2 cm³/mol. The van der Waals surface area contributed by atoms with Crippen LogP contribution in [0.3, 0.4) is 0 Å². The van der Waals surface area contributed by atoms with Gasteiger partial charge in [-0.2, -0.15) is 5.10 Å². The third-order valence-electron chi connectivity index (χ3n) is 3.90. The third kappa shape index (κ3) is 2.56. The molecule has 1 aromatic carbocycles. The second-order valence-electron chi connectivity index (χ2n) is 5.51. The number of aryl methyl sites for hydroxylation is 2. The molecular formula is C16H21N3. The highest BCUT2D eigenvalue weighted by atomic mass is 15.3. The number of piperidine rings is 1. The third-order valence-corrected chi connectivity index (χ3v) is 3.90. The van der Waals surface area contributed by atoms with Crippen LogP contribution in [0.15, 0.2) is 30.5 Å². The van der Waals surface area contributed by atoms with Crippen molar-refractivity contribution in [3.8, 4) is 11.1 Å². The molecule has 100 valence electrons. The highest BCUT2D eigenvalue weighted by molar-refractivity contribution is 5.66. The van der Waals surface area contributed by atoms with Crippen LogP contribution < -0.4 is 5.32 Å². The molecule has 1 atom stereocenters. The van der Waals surface area contributed by atoms with Gasteiger partial charge in [0.2, 0.25) is 0 Å². The van der Waals surface area contributed by atoms with Crippen molar-refractivity contribution in [1.29, 1.82) is 0 Å². The number of hydrogen-bond donors (Lipinski definition) is 1. The maximum Gasteiger partial charge on any atom is 0.0746 e. The molecule has 1 unspecified atom stereocenters. The largest absolute Gasteiger partial charge is 0.316 e. The molecular weight excluding hydrogens is 234 g/mol. The van der Waals surface area contributed by atoms with Crippen molar-refractivity contribution in [1.82, 2.24) is 15.1 Å². The molecule has 3 nitrogen and oxygen atoms in total. The Balaban J connectivity index is 1.98. The molecule has 0 radical (unpaired) electrons.